The second kappa shape index (κ2) is 6.64. The highest BCUT2D eigenvalue weighted by Crippen LogP contribution is 2.25. The number of anilines is 1. The molecule has 0 spiro atoms. The van der Waals surface area contributed by atoms with E-state index in [1.807, 2.05) is 42.5 Å². The number of hydrogen-bond acceptors (Lipinski definition) is 3. The van der Waals surface area contributed by atoms with Crippen molar-refractivity contribution in [3.63, 3.8) is 0 Å². The molecule has 2 atom stereocenters. The molecule has 110 valence electrons. The minimum absolute atomic E-state index is 0.344. The topological polar surface area (TPSA) is 47.3 Å². The summed E-state index contributed by atoms with van der Waals surface area (Å²) in [5, 5.41) is 3.57. The molecular formula is C18H22N2O. The van der Waals surface area contributed by atoms with E-state index in [4.69, 9.17) is 10.5 Å². The average molecular weight is 282 g/mol. The molecule has 0 aromatic heterocycles. The molecule has 3 rings (SSSR count). The predicted octanol–water partition coefficient (Wildman–Crippen LogP) is 4.16. The van der Waals surface area contributed by atoms with Crippen LogP contribution in [0.15, 0.2) is 54.6 Å². The molecule has 2 unspecified atom stereocenters. The third-order valence-electron chi connectivity index (χ3n) is 3.92. The first kappa shape index (κ1) is 14.0. The lowest BCUT2D eigenvalue weighted by atomic mass is 9.91. The molecule has 0 bridgehead atoms. The Morgan fingerprint density at radius 1 is 0.905 bits per heavy atom. The van der Waals surface area contributed by atoms with Crippen LogP contribution in [0.4, 0.5) is 5.69 Å². The molecule has 0 aliphatic heterocycles. The van der Waals surface area contributed by atoms with Gasteiger partial charge in [0.1, 0.15) is 11.5 Å². The van der Waals surface area contributed by atoms with Crippen LogP contribution in [0.3, 0.4) is 0 Å². The zero-order chi connectivity index (χ0) is 14.5. The van der Waals surface area contributed by atoms with E-state index in [0.717, 1.165) is 30.0 Å². The quantitative estimate of drug-likeness (QED) is 0.885. The smallest absolute Gasteiger partial charge is 0.127 e. The van der Waals surface area contributed by atoms with E-state index in [1.54, 1.807) is 0 Å². The summed E-state index contributed by atoms with van der Waals surface area (Å²) in [5.74, 6) is 1.71. The van der Waals surface area contributed by atoms with Gasteiger partial charge in [-0.3, -0.25) is 0 Å². The molecule has 0 amide bonds. The largest absolute Gasteiger partial charge is 0.457 e. The van der Waals surface area contributed by atoms with Gasteiger partial charge in [-0.2, -0.15) is 0 Å². The monoisotopic (exact) mass is 282 g/mol. The third kappa shape index (κ3) is 3.99. The van der Waals surface area contributed by atoms with Gasteiger partial charge in [0.2, 0.25) is 0 Å². The molecule has 3 nitrogen and oxygen atoms in total. The van der Waals surface area contributed by atoms with Crippen molar-refractivity contribution in [2.75, 3.05) is 5.32 Å². The van der Waals surface area contributed by atoms with Crippen LogP contribution in [0.5, 0.6) is 11.5 Å². The van der Waals surface area contributed by atoms with Crippen LogP contribution < -0.4 is 15.8 Å². The Labute approximate surface area is 126 Å². The number of nitrogens with one attached hydrogen (secondary N) is 1. The van der Waals surface area contributed by atoms with Crippen LogP contribution in [0.1, 0.15) is 25.7 Å². The lowest BCUT2D eigenvalue weighted by molar-refractivity contribution is 0.409. The number of para-hydroxylation sites is 1. The van der Waals surface area contributed by atoms with E-state index >= 15 is 0 Å². The highest BCUT2D eigenvalue weighted by Gasteiger charge is 2.18. The van der Waals surface area contributed by atoms with E-state index in [1.165, 1.54) is 12.8 Å². The standard InChI is InChI=1S/C18H22N2O/c19-14-5-4-6-16(13-14)20-15-9-11-18(12-10-15)21-17-7-2-1-3-8-17/h1-3,7-12,14,16,20H,4-6,13,19H2. The molecule has 2 aromatic rings. The van der Waals surface area contributed by atoms with Crippen molar-refractivity contribution in [3.05, 3.63) is 54.6 Å². The molecule has 1 fully saturated rings. The van der Waals surface area contributed by atoms with Crippen molar-refractivity contribution in [1.82, 2.24) is 0 Å². The van der Waals surface area contributed by atoms with Gasteiger partial charge >= 0.3 is 0 Å². The zero-order valence-electron chi connectivity index (χ0n) is 12.2. The van der Waals surface area contributed by atoms with Crippen molar-refractivity contribution in [1.29, 1.82) is 0 Å². The molecule has 21 heavy (non-hydrogen) atoms. The molecule has 0 heterocycles. The average Bonchev–Trinajstić information content (AvgIpc) is 2.50. The summed E-state index contributed by atoms with van der Waals surface area (Å²) in [4.78, 5) is 0. The Balaban J connectivity index is 1.59. The Hall–Kier alpha value is -2.00. The second-order valence-corrected chi connectivity index (χ2v) is 5.71. The summed E-state index contributed by atoms with van der Waals surface area (Å²) < 4.78 is 5.79. The normalized spacial score (nSPS) is 21.8. The van der Waals surface area contributed by atoms with Crippen LogP contribution in [0.25, 0.3) is 0 Å². The Kier molecular flexibility index (Phi) is 4.41. The summed E-state index contributed by atoms with van der Waals surface area (Å²) in [7, 11) is 0. The maximum absolute atomic E-state index is 6.03. The van der Waals surface area contributed by atoms with Crippen LogP contribution in [0, 0.1) is 0 Å². The van der Waals surface area contributed by atoms with Gasteiger partial charge in [0.15, 0.2) is 0 Å². The predicted molar refractivity (Wildman–Crippen MR) is 86.8 cm³/mol. The van der Waals surface area contributed by atoms with E-state index < -0.39 is 0 Å². The van der Waals surface area contributed by atoms with Crippen molar-refractivity contribution >= 4 is 5.69 Å². The van der Waals surface area contributed by atoms with Crippen LogP contribution >= 0.6 is 0 Å². The van der Waals surface area contributed by atoms with Gasteiger partial charge in [0.25, 0.3) is 0 Å². The van der Waals surface area contributed by atoms with Gasteiger partial charge in [-0.15, -0.1) is 0 Å². The van der Waals surface area contributed by atoms with Crippen LogP contribution in [-0.2, 0) is 0 Å². The zero-order valence-corrected chi connectivity index (χ0v) is 12.2. The summed E-state index contributed by atoms with van der Waals surface area (Å²) in [5.41, 5.74) is 7.16. The van der Waals surface area contributed by atoms with E-state index in [-0.39, 0.29) is 0 Å². The number of nitrogens with two attached hydrogens (primary N) is 1. The number of rotatable bonds is 4. The number of ether oxygens (including phenoxy) is 1. The number of hydrogen-bond donors (Lipinski definition) is 2. The number of benzene rings is 2. The molecular weight excluding hydrogens is 260 g/mol. The molecule has 1 aliphatic rings. The second-order valence-electron chi connectivity index (χ2n) is 5.71. The fraction of sp³-hybridized carbons (Fsp3) is 0.333. The van der Waals surface area contributed by atoms with Crippen molar-refractivity contribution in [2.45, 2.75) is 37.8 Å². The molecule has 3 heteroatoms. The highest BCUT2D eigenvalue weighted by molar-refractivity contribution is 5.48. The summed E-state index contributed by atoms with van der Waals surface area (Å²) in [6.45, 7) is 0. The lowest BCUT2D eigenvalue weighted by Crippen LogP contribution is -2.34. The van der Waals surface area contributed by atoms with Crippen molar-refractivity contribution in [2.24, 2.45) is 5.73 Å². The molecule has 1 saturated carbocycles. The lowest BCUT2D eigenvalue weighted by Gasteiger charge is -2.28. The first-order chi connectivity index (χ1) is 10.3. The molecule has 2 aromatic carbocycles. The molecule has 0 radical (unpaired) electrons. The van der Waals surface area contributed by atoms with E-state index in [2.05, 4.69) is 17.4 Å². The van der Waals surface area contributed by atoms with Crippen LogP contribution in [-0.4, -0.2) is 12.1 Å². The fourth-order valence-electron chi connectivity index (χ4n) is 2.84. The van der Waals surface area contributed by atoms with Gasteiger partial charge in [0.05, 0.1) is 0 Å². The van der Waals surface area contributed by atoms with Crippen molar-refractivity contribution < 1.29 is 4.74 Å². The molecule has 3 N–H and O–H groups in total. The maximum Gasteiger partial charge on any atom is 0.127 e. The SMILES string of the molecule is NC1CCCC(Nc2ccc(Oc3ccccc3)cc2)C1. The van der Waals surface area contributed by atoms with Crippen LogP contribution in [0.2, 0.25) is 0 Å². The van der Waals surface area contributed by atoms with Gasteiger partial charge in [-0.05, 0) is 62.1 Å². The van der Waals surface area contributed by atoms with Gasteiger partial charge in [0, 0.05) is 17.8 Å². The third-order valence-corrected chi connectivity index (χ3v) is 3.92. The van der Waals surface area contributed by atoms with Gasteiger partial charge < -0.3 is 15.8 Å². The van der Waals surface area contributed by atoms with Gasteiger partial charge in [-0.25, -0.2) is 0 Å². The first-order valence-corrected chi connectivity index (χ1v) is 7.65. The van der Waals surface area contributed by atoms with E-state index in [9.17, 15) is 0 Å². The molecule has 1 aliphatic carbocycles. The minimum Gasteiger partial charge on any atom is -0.457 e. The first-order valence-electron chi connectivity index (χ1n) is 7.65. The Morgan fingerprint density at radius 3 is 2.33 bits per heavy atom. The molecule has 0 saturated heterocycles. The summed E-state index contributed by atoms with van der Waals surface area (Å²) >= 11 is 0. The van der Waals surface area contributed by atoms with Crippen molar-refractivity contribution in [3.8, 4) is 11.5 Å². The maximum atomic E-state index is 6.03. The summed E-state index contributed by atoms with van der Waals surface area (Å²) in [6.07, 6.45) is 4.63. The minimum atomic E-state index is 0.344. The van der Waals surface area contributed by atoms with E-state index in [0.29, 0.717) is 12.1 Å². The van der Waals surface area contributed by atoms with Gasteiger partial charge in [-0.1, -0.05) is 18.2 Å². The Morgan fingerprint density at radius 2 is 1.62 bits per heavy atom. The highest BCUT2D eigenvalue weighted by atomic mass is 16.5. The fourth-order valence-corrected chi connectivity index (χ4v) is 2.84. The summed E-state index contributed by atoms with van der Waals surface area (Å²) in [6, 6.07) is 18.8. The Bertz CT molecular complexity index is 553.